The number of aromatic nitrogens is 2. The van der Waals surface area contributed by atoms with Gasteiger partial charge in [0, 0.05) is 18.7 Å². The van der Waals surface area contributed by atoms with Crippen LogP contribution in [-0.2, 0) is 4.79 Å². The number of ether oxygens (including phenoxy) is 1. The van der Waals surface area contributed by atoms with Gasteiger partial charge in [-0.25, -0.2) is 18.7 Å². The molecule has 6 nitrogen and oxygen atoms in total. The van der Waals surface area contributed by atoms with Crippen molar-refractivity contribution in [2.45, 2.75) is 39.2 Å². The predicted octanol–water partition coefficient (Wildman–Crippen LogP) is 4.10. The van der Waals surface area contributed by atoms with Gasteiger partial charge < -0.3 is 15.8 Å². The van der Waals surface area contributed by atoms with Gasteiger partial charge in [-0.1, -0.05) is 5.57 Å². The van der Waals surface area contributed by atoms with Gasteiger partial charge in [-0.3, -0.25) is 4.79 Å². The number of alkyl halides is 2. The van der Waals surface area contributed by atoms with Crippen molar-refractivity contribution in [3.8, 4) is 17.0 Å². The molecule has 0 fully saturated rings. The highest BCUT2D eigenvalue weighted by Gasteiger charge is 2.23. The molecule has 2 aromatic heterocycles. The summed E-state index contributed by atoms with van der Waals surface area (Å²) >= 11 is 0. The Kier molecular flexibility index (Phi) is 6.80. The smallest absolute Gasteiger partial charge is 0.284 e. The van der Waals surface area contributed by atoms with Crippen LogP contribution in [0.1, 0.15) is 39.3 Å². The van der Waals surface area contributed by atoms with Crippen molar-refractivity contribution >= 4 is 11.7 Å². The first-order valence-corrected chi connectivity index (χ1v) is 8.66. The van der Waals surface area contributed by atoms with Crippen molar-refractivity contribution in [3.63, 3.8) is 0 Å². The van der Waals surface area contributed by atoms with E-state index < -0.39 is 17.7 Å². The van der Waals surface area contributed by atoms with Crippen LogP contribution in [0.15, 0.2) is 42.6 Å². The van der Waals surface area contributed by atoms with Crippen LogP contribution in [0, 0.1) is 0 Å². The van der Waals surface area contributed by atoms with Crippen molar-refractivity contribution in [1.82, 2.24) is 9.97 Å². The molecule has 0 spiro atoms. The number of carbonyl (C=O) groups is 1. The molecule has 2 heterocycles. The number of anilines is 1. The molecule has 0 aliphatic heterocycles. The van der Waals surface area contributed by atoms with Crippen LogP contribution in [0.25, 0.3) is 11.3 Å². The molecule has 2 aromatic rings. The van der Waals surface area contributed by atoms with E-state index in [0.29, 0.717) is 23.5 Å². The number of carbonyl (C=O) groups excluding carboxylic acids is 1. The van der Waals surface area contributed by atoms with E-state index in [4.69, 9.17) is 10.5 Å². The lowest BCUT2D eigenvalue weighted by atomic mass is 9.96. The first-order chi connectivity index (χ1) is 13.1. The highest BCUT2D eigenvalue weighted by Crippen LogP contribution is 2.31. The topological polar surface area (TPSA) is 90.1 Å². The monoisotopic (exact) mass is 390 g/mol. The number of amides is 1. The van der Waals surface area contributed by atoms with Crippen molar-refractivity contribution in [1.29, 1.82) is 0 Å². The normalized spacial score (nSPS) is 13.1. The predicted molar refractivity (Wildman–Crippen MR) is 104 cm³/mol. The van der Waals surface area contributed by atoms with E-state index in [1.807, 2.05) is 6.92 Å². The maximum absolute atomic E-state index is 13.5. The Bertz CT molecular complexity index is 869. The summed E-state index contributed by atoms with van der Waals surface area (Å²) in [6.45, 7) is 8.82. The zero-order chi connectivity index (χ0) is 20.9. The Hall–Kier alpha value is -2.87. The van der Waals surface area contributed by atoms with Gasteiger partial charge in [-0.05, 0) is 44.5 Å². The molecular weight excluding hydrogens is 366 g/mol. The number of nitrogens with one attached hydrogen (secondary N) is 1. The van der Waals surface area contributed by atoms with Crippen molar-refractivity contribution in [2.24, 2.45) is 5.73 Å². The second-order valence-electron chi connectivity index (χ2n) is 7.07. The fraction of sp³-hybridized carbons (Fsp3) is 0.350. The number of hydrogen-bond donors (Lipinski definition) is 2. The van der Waals surface area contributed by atoms with Crippen LogP contribution >= 0.6 is 0 Å². The highest BCUT2D eigenvalue weighted by molar-refractivity contribution is 5.88. The van der Waals surface area contributed by atoms with Gasteiger partial charge in [0.15, 0.2) is 0 Å². The van der Waals surface area contributed by atoms with Crippen LogP contribution in [0.3, 0.4) is 0 Å². The highest BCUT2D eigenvalue weighted by atomic mass is 19.3. The molecule has 0 bridgehead atoms. The Morgan fingerprint density at radius 3 is 2.68 bits per heavy atom. The van der Waals surface area contributed by atoms with Gasteiger partial charge >= 0.3 is 0 Å². The Morgan fingerprint density at radius 2 is 2.07 bits per heavy atom. The fourth-order valence-corrected chi connectivity index (χ4v) is 2.72. The minimum absolute atomic E-state index is 0.0201. The number of pyridine rings is 2. The third-order valence-corrected chi connectivity index (χ3v) is 3.72. The third-order valence-electron chi connectivity index (χ3n) is 3.72. The summed E-state index contributed by atoms with van der Waals surface area (Å²) in [5, 5.41) is 2.54. The Labute approximate surface area is 162 Å². The summed E-state index contributed by atoms with van der Waals surface area (Å²) in [4.78, 5) is 19.2. The van der Waals surface area contributed by atoms with Crippen molar-refractivity contribution in [2.75, 3.05) is 11.9 Å². The molecule has 150 valence electrons. The van der Waals surface area contributed by atoms with Crippen molar-refractivity contribution < 1.29 is 18.3 Å². The lowest BCUT2D eigenvalue weighted by Crippen LogP contribution is -2.42. The minimum Gasteiger partial charge on any atom is -0.490 e. The van der Waals surface area contributed by atoms with E-state index in [1.165, 1.54) is 19.2 Å². The molecule has 0 saturated heterocycles. The van der Waals surface area contributed by atoms with Crippen LogP contribution in [0.2, 0.25) is 0 Å². The molecule has 1 atom stereocenters. The van der Waals surface area contributed by atoms with Gasteiger partial charge in [0.2, 0.25) is 5.91 Å². The fourth-order valence-electron chi connectivity index (χ4n) is 2.72. The zero-order valence-electron chi connectivity index (χ0n) is 16.1. The summed E-state index contributed by atoms with van der Waals surface area (Å²) in [6.07, 6.45) is -0.853. The zero-order valence-corrected chi connectivity index (χ0v) is 16.1. The first-order valence-electron chi connectivity index (χ1n) is 8.66. The summed E-state index contributed by atoms with van der Waals surface area (Å²) in [6, 6.07) is 6.19. The second-order valence-corrected chi connectivity index (χ2v) is 7.07. The van der Waals surface area contributed by atoms with Crippen LogP contribution in [0.4, 0.5) is 14.6 Å². The molecule has 3 N–H and O–H groups in total. The molecule has 0 aliphatic rings. The first kappa shape index (κ1) is 21.4. The molecule has 0 radical (unpaired) electrons. The standard InChI is InChI=1S/C20H24F2N4O2/c1-12(2)10-20(4,23)11-28-16-6-5-15(26-18(16)19(21)22)14-7-8-24-17(9-14)25-13(3)27/h5-9,19H,1,10-11,23H2,2-4H3,(H,24,25,27)/t20-/m0/s1. The maximum atomic E-state index is 13.5. The molecule has 0 aromatic carbocycles. The minimum atomic E-state index is -2.82. The lowest BCUT2D eigenvalue weighted by molar-refractivity contribution is -0.114. The van der Waals surface area contributed by atoms with E-state index in [-0.39, 0.29) is 18.3 Å². The quantitative estimate of drug-likeness (QED) is 0.662. The lowest BCUT2D eigenvalue weighted by Gasteiger charge is -2.25. The molecular formula is C20H24F2N4O2. The number of nitrogens with zero attached hydrogens (tertiary/aromatic N) is 2. The SMILES string of the molecule is C=C(C)C[C@](C)(N)COc1ccc(-c2ccnc(NC(C)=O)c2)nc1C(F)F. The van der Waals surface area contributed by atoms with Crippen LogP contribution < -0.4 is 15.8 Å². The third kappa shape index (κ3) is 6.09. The van der Waals surface area contributed by atoms with Crippen LogP contribution in [0.5, 0.6) is 5.75 Å². The Morgan fingerprint density at radius 1 is 1.36 bits per heavy atom. The molecule has 2 rings (SSSR count). The summed E-state index contributed by atoms with van der Waals surface area (Å²) in [5.74, 6) is 0.00641. The largest absolute Gasteiger partial charge is 0.490 e. The van der Waals surface area contributed by atoms with Gasteiger partial charge in [-0.2, -0.15) is 0 Å². The molecule has 0 saturated carbocycles. The number of hydrogen-bond acceptors (Lipinski definition) is 5. The summed E-state index contributed by atoms with van der Waals surface area (Å²) in [5.41, 5.74) is 6.66. The molecule has 8 heteroatoms. The average Bonchev–Trinajstić information content (AvgIpc) is 2.58. The maximum Gasteiger partial charge on any atom is 0.284 e. The van der Waals surface area contributed by atoms with Crippen LogP contribution in [-0.4, -0.2) is 28.0 Å². The van der Waals surface area contributed by atoms with Gasteiger partial charge in [0.25, 0.3) is 6.43 Å². The molecule has 0 unspecified atom stereocenters. The molecule has 1 amide bonds. The number of halogens is 2. The van der Waals surface area contributed by atoms with Gasteiger partial charge in [0.1, 0.15) is 23.9 Å². The van der Waals surface area contributed by atoms with Gasteiger partial charge in [-0.15, -0.1) is 6.58 Å². The average molecular weight is 390 g/mol. The van der Waals surface area contributed by atoms with Crippen molar-refractivity contribution in [3.05, 3.63) is 48.3 Å². The van der Waals surface area contributed by atoms with E-state index in [9.17, 15) is 13.6 Å². The van der Waals surface area contributed by atoms with E-state index in [0.717, 1.165) is 5.57 Å². The van der Waals surface area contributed by atoms with Gasteiger partial charge in [0.05, 0.1) is 11.2 Å². The number of rotatable bonds is 8. The van der Waals surface area contributed by atoms with E-state index in [1.54, 1.807) is 25.1 Å². The molecule has 0 aliphatic carbocycles. The second kappa shape index (κ2) is 8.88. The summed E-state index contributed by atoms with van der Waals surface area (Å²) in [7, 11) is 0. The summed E-state index contributed by atoms with van der Waals surface area (Å²) < 4.78 is 32.6. The Balaban J connectivity index is 2.28. The molecule has 28 heavy (non-hydrogen) atoms. The van der Waals surface area contributed by atoms with E-state index >= 15 is 0 Å². The van der Waals surface area contributed by atoms with E-state index in [2.05, 4.69) is 21.9 Å². The number of nitrogens with two attached hydrogens (primary N) is 1.